The lowest BCUT2D eigenvalue weighted by molar-refractivity contribution is -0.126. The third-order valence-electron chi connectivity index (χ3n) is 7.73. The van der Waals surface area contributed by atoms with Gasteiger partial charge in [-0.15, -0.1) is 0 Å². The maximum absolute atomic E-state index is 13.9. The number of hydrogen-bond acceptors (Lipinski definition) is 8. The van der Waals surface area contributed by atoms with Crippen LogP contribution in [0.2, 0.25) is 0 Å². The fourth-order valence-corrected chi connectivity index (χ4v) is 8.34. The average Bonchev–Trinajstić information content (AvgIpc) is 3.02. The van der Waals surface area contributed by atoms with Crippen molar-refractivity contribution in [2.45, 2.75) is 77.7 Å². The predicted molar refractivity (Wildman–Crippen MR) is 174 cm³/mol. The second-order valence-electron chi connectivity index (χ2n) is 11.0. The van der Waals surface area contributed by atoms with Gasteiger partial charge in [-0.05, 0) is 68.9 Å². The first-order chi connectivity index (χ1) is 21.6. The molecule has 13 heteroatoms. The summed E-state index contributed by atoms with van der Waals surface area (Å²) < 4.78 is 42.1. The minimum Gasteiger partial charge on any atom is -0.492 e. The number of likely N-dealkylation sites (N-methyl/N-ethyl adjacent to an activating group) is 1. The standard InChI is InChI=1S/C32H45N3O8P2/c1-5-35(26-17-18-29(27(20-26)30(33)37)41-21-24-11-9-8-10-12-24)31(38)28(34-22(4)36)19-23-13-15-25(16-14-23)32(44-39)45(40,42-6-2)43-7-3/h13-18,20,24,28,32H,5-12,19,21H2,1-4H3,(H2,33,37)(H,34,36). The maximum atomic E-state index is 13.9. The van der Waals surface area contributed by atoms with Gasteiger partial charge in [-0.2, -0.15) is 0 Å². The minimum absolute atomic E-state index is 0.132. The van der Waals surface area contributed by atoms with Crippen LogP contribution in [0.5, 0.6) is 5.75 Å². The Hall–Kier alpha value is -3.10. The van der Waals surface area contributed by atoms with Crippen molar-refractivity contribution >= 4 is 39.5 Å². The van der Waals surface area contributed by atoms with Crippen LogP contribution < -0.4 is 20.7 Å². The maximum Gasteiger partial charge on any atom is 0.349 e. The number of nitrogens with two attached hydrogens (primary N) is 1. The third kappa shape index (κ3) is 9.94. The van der Waals surface area contributed by atoms with E-state index in [4.69, 9.17) is 19.5 Å². The highest BCUT2D eigenvalue weighted by molar-refractivity contribution is 7.62. The number of ether oxygens (including phenoxy) is 1. The minimum atomic E-state index is -3.69. The van der Waals surface area contributed by atoms with Gasteiger partial charge >= 0.3 is 7.60 Å². The van der Waals surface area contributed by atoms with E-state index in [1.54, 1.807) is 63.2 Å². The quantitative estimate of drug-likeness (QED) is 0.185. The first-order valence-corrected chi connectivity index (χ1v) is 18.0. The van der Waals surface area contributed by atoms with Crippen molar-refractivity contribution < 1.29 is 37.3 Å². The Bertz CT molecular complexity index is 1350. The summed E-state index contributed by atoms with van der Waals surface area (Å²) in [7, 11) is -4.10. The number of primary amides is 1. The largest absolute Gasteiger partial charge is 0.492 e. The molecule has 0 aliphatic heterocycles. The van der Waals surface area contributed by atoms with E-state index in [-0.39, 0.29) is 43.6 Å². The lowest BCUT2D eigenvalue weighted by Crippen LogP contribution is -2.49. The molecule has 1 saturated carbocycles. The van der Waals surface area contributed by atoms with Crippen LogP contribution in [-0.2, 0) is 34.2 Å². The summed E-state index contributed by atoms with van der Waals surface area (Å²) >= 11 is 0. The van der Waals surface area contributed by atoms with Crippen molar-refractivity contribution in [1.29, 1.82) is 0 Å². The molecular formula is C32H45N3O8P2. The molecule has 3 amide bonds. The van der Waals surface area contributed by atoms with Crippen LogP contribution in [0, 0.1) is 5.92 Å². The molecular weight excluding hydrogens is 616 g/mol. The molecule has 2 aromatic rings. The molecule has 0 bridgehead atoms. The molecule has 1 fully saturated rings. The molecule has 0 saturated heterocycles. The zero-order valence-electron chi connectivity index (χ0n) is 26.5. The summed E-state index contributed by atoms with van der Waals surface area (Å²) in [5, 5.41) is 1.73. The molecule has 1 aliphatic carbocycles. The SMILES string of the molecule is CCOP(=O)(OCC)C(P=O)c1ccc(CC(NC(C)=O)C(=O)N(CC)c2ccc(OCC3CCCCC3)c(C(N)=O)c2)cc1. The van der Waals surface area contributed by atoms with Crippen molar-refractivity contribution in [3.05, 3.63) is 59.2 Å². The Balaban J connectivity index is 1.82. The van der Waals surface area contributed by atoms with E-state index in [2.05, 4.69) is 5.32 Å². The summed E-state index contributed by atoms with van der Waals surface area (Å²) in [6, 6.07) is 10.8. The van der Waals surface area contributed by atoms with Gasteiger partial charge in [-0.25, -0.2) is 0 Å². The highest BCUT2D eigenvalue weighted by Gasteiger charge is 2.38. The third-order valence-corrected chi connectivity index (χ3v) is 11.5. The number of rotatable bonds is 17. The number of carbonyl (C=O) groups is 3. The molecule has 0 heterocycles. The lowest BCUT2D eigenvalue weighted by Gasteiger charge is -2.28. The van der Waals surface area contributed by atoms with Crippen molar-refractivity contribution in [2.24, 2.45) is 11.7 Å². The van der Waals surface area contributed by atoms with E-state index in [0.29, 0.717) is 35.1 Å². The number of anilines is 1. The molecule has 0 spiro atoms. The van der Waals surface area contributed by atoms with Crippen molar-refractivity contribution in [2.75, 3.05) is 31.3 Å². The second kappa shape index (κ2) is 17.6. The van der Waals surface area contributed by atoms with Crippen molar-refractivity contribution in [3.63, 3.8) is 0 Å². The first kappa shape index (κ1) is 36.4. The summed E-state index contributed by atoms with van der Waals surface area (Å²) in [4.78, 5) is 39.9. The molecule has 246 valence electrons. The van der Waals surface area contributed by atoms with Gasteiger partial charge < -0.3 is 29.7 Å². The molecule has 2 aromatic carbocycles. The van der Waals surface area contributed by atoms with Gasteiger partial charge in [0.2, 0.25) is 11.8 Å². The van der Waals surface area contributed by atoms with Gasteiger partial charge in [0.15, 0.2) is 13.9 Å². The Morgan fingerprint density at radius 1 is 1.02 bits per heavy atom. The fourth-order valence-electron chi connectivity index (χ4n) is 5.57. The molecule has 0 radical (unpaired) electrons. The van der Waals surface area contributed by atoms with Gasteiger partial charge in [-0.3, -0.25) is 23.5 Å². The van der Waals surface area contributed by atoms with Gasteiger partial charge in [0.25, 0.3) is 5.91 Å². The van der Waals surface area contributed by atoms with E-state index in [1.165, 1.54) is 31.1 Å². The van der Waals surface area contributed by atoms with Gasteiger partial charge in [-0.1, -0.05) is 43.5 Å². The van der Waals surface area contributed by atoms with Crippen LogP contribution in [0.1, 0.15) is 86.7 Å². The average molecular weight is 662 g/mol. The van der Waals surface area contributed by atoms with Crippen molar-refractivity contribution in [1.82, 2.24) is 5.32 Å². The van der Waals surface area contributed by atoms with Crippen LogP contribution in [0.15, 0.2) is 42.5 Å². The summed E-state index contributed by atoms with van der Waals surface area (Å²) in [6.45, 7) is 7.53. The molecule has 3 N–H and O–H groups in total. The normalized spacial score (nSPS) is 15.3. The fraction of sp³-hybridized carbons (Fsp3) is 0.531. The molecule has 3 rings (SSSR count). The zero-order valence-corrected chi connectivity index (χ0v) is 28.3. The van der Waals surface area contributed by atoms with Gasteiger partial charge in [0, 0.05) is 25.6 Å². The first-order valence-electron chi connectivity index (χ1n) is 15.5. The van der Waals surface area contributed by atoms with Crippen LogP contribution in [0.25, 0.3) is 0 Å². The highest BCUT2D eigenvalue weighted by atomic mass is 31.2. The Kier molecular flexibility index (Phi) is 14.2. The van der Waals surface area contributed by atoms with E-state index in [1.807, 2.05) is 0 Å². The number of carbonyl (C=O) groups excluding carboxylic acids is 3. The molecule has 0 aromatic heterocycles. The molecule has 1 aliphatic rings. The molecule has 2 atom stereocenters. The number of nitrogens with one attached hydrogen (secondary N) is 1. The summed E-state index contributed by atoms with van der Waals surface area (Å²) in [6.07, 6.45) is 5.91. The molecule has 45 heavy (non-hydrogen) atoms. The summed E-state index contributed by atoms with van der Waals surface area (Å²) in [5.74, 6) is -0.606. The van der Waals surface area contributed by atoms with Crippen molar-refractivity contribution in [3.8, 4) is 5.75 Å². The Morgan fingerprint density at radius 2 is 1.67 bits per heavy atom. The smallest absolute Gasteiger partial charge is 0.349 e. The van der Waals surface area contributed by atoms with Gasteiger partial charge in [0.1, 0.15) is 11.8 Å². The van der Waals surface area contributed by atoms with Crippen LogP contribution in [0.3, 0.4) is 0 Å². The monoisotopic (exact) mass is 661 g/mol. The predicted octanol–water partition coefficient (Wildman–Crippen LogP) is 6.40. The number of hydrogen-bond donors (Lipinski definition) is 2. The van der Waals surface area contributed by atoms with Crippen LogP contribution in [-0.4, -0.2) is 50.1 Å². The number of benzene rings is 2. The number of nitrogens with zero attached hydrogens (tertiary/aromatic N) is 1. The molecule has 2 unspecified atom stereocenters. The molecule has 11 nitrogen and oxygen atoms in total. The number of amides is 3. The van der Waals surface area contributed by atoms with Gasteiger partial charge in [0.05, 0.1) is 25.4 Å². The lowest BCUT2D eigenvalue weighted by atomic mass is 9.90. The Labute approximate surface area is 267 Å². The topological polar surface area (TPSA) is 154 Å². The summed E-state index contributed by atoms with van der Waals surface area (Å²) in [5.41, 5.74) is 7.54. The van der Waals surface area contributed by atoms with E-state index >= 15 is 0 Å². The van der Waals surface area contributed by atoms with E-state index in [9.17, 15) is 23.5 Å². The Morgan fingerprint density at radius 3 is 2.20 bits per heavy atom. The van der Waals surface area contributed by atoms with E-state index < -0.39 is 33.4 Å². The van der Waals surface area contributed by atoms with E-state index in [0.717, 1.165) is 12.8 Å². The second-order valence-corrected chi connectivity index (χ2v) is 14.2. The highest BCUT2D eigenvalue weighted by Crippen LogP contribution is 2.65. The van der Waals surface area contributed by atoms with Crippen LogP contribution in [0.4, 0.5) is 5.69 Å². The van der Waals surface area contributed by atoms with Crippen LogP contribution >= 0.6 is 16.1 Å². The zero-order chi connectivity index (χ0) is 33.0.